The van der Waals surface area contributed by atoms with E-state index < -0.39 is 7.82 Å². The van der Waals surface area contributed by atoms with Crippen molar-refractivity contribution in [2.75, 3.05) is 6.61 Å². The molecule has 0 atom stereocenters. The van der Waals surface area contributed by atoms with Crippen molar-refractivity contribution >= 4 is 18.6 Å². The zero-order valence-electron chi connectivity index (χ0n) is 9.25. The van der Waals surface area contributed by atoms with Gasteiger partial charge in [-0.05, 0) is 24.4 Å². The summed E-state index contributed by atoms with van der Waals surface area (Å²) >= 11 is 0. The third-order valence-corrected chi connectivity index (χ3v) is 3.95. The molecule has 0 radical (unpaired) electrons. The van der Waals surface area contributed by atoms with Gasteiger partial charge in [0, 0.05) is 0 Å². The van der Waals surface area contributed by atoms with Gasteiger partial charge in [0.15, 0.2) is 0 Å². The van der Waals surface area contributed by atoms with Crippen LogP contribution in [0.4, 0.5) is 0 Å². The third kappa shape index (κ3) is 1.70. The molecule has 88 valence electrons. The molecule has 0 N–H and O–H groups in total. The summed E-state index contributed by atoms with van der Waals surface area (Å²) in [5.41, 5.74) is 0. The average Bonchev–Trinajstić information content (AvgIpc) is 2.29. The molecular weight excluding hydrogens is 239 g/mol. The van der Waals surface area contributed by atoms with E-state index >= 15 is 0 Å². The summed E-state index contributed by atoms with van der Waals surface area (Å²) in [4.78, 5) is 0. The zero-order chi connectivity index (χ0) is 11.9. The molecule has 1 aliphatic heterocycles. The topological polar surface area (TPSA) is 44.8 Å². The Morgan fingerprint density at radius 3 is 2.24 bits per heavy atom. The fraction of sp³-hybridized carbons (Fsp3) is 0.167. The van der Waals surface area contributed by atoms with Crippen LogP contribution in [0.5, 0.6) is 11.5 Å². The van der Waals surface area contributed by atoms with E-state index in [1.54, 1.807) is 19.1 Å². The predicted octanol–water partition coefficient (Wildman–Crippen LogP) is 3.76. The molecule has 1 heterocycles. The van der Waals surface area contributed by atoms with Crippen molar-refractivity contribution in [2.24, 2.45) is 0 Å². The van der Waals surface area contributed by atoms with Gasteiger partial charge in [-0.1, -0.05) is 24.3 Å². The minimum atomic E-state index is -3.51. The van der Waals surface area contributed by atoms with Gasteiger partial charge in [0.05, 0.1) is 12.0 Å². The molecule has 3 rings (SSSR count). The monoisotopic (exact) mass is 250 g/mol. The second-order valence-electron chi connectivity index (χ2n) is 3.66. The Balaban J connectivity index is 2.20. The molecule has 5 heteroatoms. The van der Waals surface area contributed by atoms with Gasteiger partial charge in [0.2, 0.25) is 0 Å². The van der Waals surface area contributed by atoms with E-state index in [1.807, 2.05) is 24.3 Å². The van der Waals surface area contributed by atoms with Crippen LogP contribution in [0, 0.1) is 0 Å². The largest absolute Gasteiger partial charge is 0.587 e. The van der Waals surface area contributed by atoms with E-state index in [0.29, 0.717) is 11.5 Å². The summed E-state index contributed by atoms with van der Waals surface area (Å²) in [6.45, 7) is 2.02. The molecule has 0 amide bonds. The maximum absolute atomic E-state index is 12.2. The number of hydrogen-bond acceptors (Lipinski definition) is 4. The summed E-state index contributed by atoms with van der Waals surface area (Å²) in [5.74, 6) is 1.09. The fourth-order valence-electron chi connectivity index (χ4n) is 1.90. The molecule has 0 unspecified atom stereocenters. The van der Waals surface area contributed by atoms with Gasteiger partial charge in [-0.3, -0.25) is 4.52 Å². The number of benzene rings is 2. The Morgan fingerprint density at radius 2 is 1.71 bits per heavy atom. The predicted molar refractivity (Wildman–Crippen MR) is 64.4 cm³/mol. The lowest BCUT2D eigenvalue weighted by Gasteiger charge is -2.24. The molecule has 0 spiro atoms. The average molecular weight is 250 g/mol. The smallest absolute Gasteiger partial charge is 0.394 e. The van der Waals surface area contributed by atoms with Crippen LogP contribution in [0.3, 0.4) is 0 Å². The zero-order valence-corrected chi connectivity index (χ0v) is 10.1. The van der Waals surface area contributed by atoms with Crippen molar-refractivity contribution in [1.29, 1.82) is 0 Å². The van der Waals surface area contributed by atoms with Crippen LogP contribution in [0.25, 0.3) is 10.8 Å². The third-order valence-electron chi connectivity index (χ3n) is 2.54. The van der Waals surface area contributed by atoms with Gasteiger partial charge >= 0.3 is 7.82 Å². The molecule has 0 bridgehead atoms. The molecule has 4 nitrogen and oxygen atoms in total. The minimum Gasteiger partial charge on any atom is -0.394 e. The summed E-state index contributed by atoms with van der Waals surface area (Å²) < 4.78 is 27.9. The molecule has 2 aromatic carbocycles. The maximum atomic E-state index is 12.2. The van der Waals surface area contributed by atoms with Crippen LogP contribution < -0.4 is 9.05 Å². The Hall–Kier alpha value is -1.51. The second-order valence-corrected chi connectivity index (χ2v) is 5.18. The van der Waals surface area contributed by atoms with Crippen molar-refractivity contribution in [3.63, 3.8) is 0 Å². The molecule has 0 saturated carbocycles. The fourth-order valence-corrected chi connectivity index (χ4v) is 3.14. The molecule has 0 aromatic heterocycles. The molecule has 0 aliphatic carbocycles. The summed E-state index contributed by atoms with van der Waals surface area (Å²) in [7, 11) is -3.51. The van der Waals surface area contributed by atoms with Crippen molar-refractivity contribution < 1.29 is 18.1 Å². The van der Waals surface area contributed by atoms with Crippen LogP contribution in [-0.2, 0) is 9.09 Å². The lowest BCUT2D eigenvalue weighted by Crippen LogP contribution is -2.09. The van der Waals surface area contributed by atoms with Crippen molar-refractivity contribution in [2.45, 2.75) is 6.92 Å². The number of phosphoric ester groups is 1. The summed E-state index contributed by atoms with van der Waals surface area (Å²) in [5, 5.41) is 1.82. The molecule has 17 heavy (non-hydrogen) atoms. The van der Waals surface area contributed by atoms with Gasteiger partial charge < -0.3 is 9.05 Å². The van der Waals surface area contributed by atoms with Gasteiger partial charge in [-0.2, -0.15) is 0 Å². The van der Waals surface area contributed by atoms with E-state index in [4.69, 9.17) is 13.6 Å². The Labute approximate surface area is 98.7 Å². The van der Waals surface area contributed by atoms with Gasteiger partial charge in [0.1, 0.15) is 11.5 Å². The van der Waals surface area contributed by atoms with Gasteiger partial charge in [0.25, 0.3) is 0 Å². The van der Waals surface area contributed by atoms with E-state index in [1.165, 1.54) is 0 Å². The Kier molecular flexibility index (Phi) is 2.35. The standard InChI is InChI=1S/C12H11O4P/c1-2-14-17(13)15-10-7-3-5-9-6-4-8-11(16-17)12(9)10/h3-8H,2H2,1H3. The van der Waals surface area contributed by atoms with Crippen LogP contribution in [-0.4, -0.2) is 6.61 Å². The lowest BCUT2D eigenvalue weighted by molar-refractivity contribution is 0.216. The summed E-state index contributed by atoms with van der Waals surface area (Å²) in [6, 6.07) is 11.1. The van der Waals surface area contributed by atoms with E-state index in [0.717, 1.165) is 10.8 Å². The normalized spacial score (nSPS) is 16.3. The first-order valence-corrected chi connectivity index (χ1v) is 6.83. The quantitative estimate of drug-likeness (QED) is 0.761. The van der Waals surface area contributed by atoms with Crippen LogP contribution in [0.1, 0.15) is 6.92 Å². The van der Waals surface area contributed by atoms with Crippen molar-refractivity contribution in [3.8, 4) is 11.5 Å². The van der Waals surface area contributed by atoms with Crippen molar-refractivity contribution in [3.05, 3.63) is 36.4 Å². The first-order chi connectivity index (χ1) is 8.22. The number of phosphoric acid groups is 1. The number of rotatable bonds is 2. The molecule has 2 aromatic rings. The number of hydrogen-bond donors (Lipinski definition) is 0. The molecule has 0 fully saturated rings. The highest BCUT2D eigenvalue weighted by Crippen LogP contribution is 2.56. The molecular formula is C12H11O4P. The van der Waals surface area contributed by atoms with E-state index in [9.17, 15) is 4.57 Å². The van der Waals surface area contributed by atoms with Crippen molar-refractivity contribution in [1.82, 2.24) is 0 Å². The molecule has 1 aliphatic rings. The highest BCUT2D eigenvalue weighted by Gasteiger charge is 2.35. The lowest BCUT2D eigenvalue weighted by atomic mass is 10.1. The van der Waals surface area contributed by atoms with Crippen LogP contribution >= 0.6 is 7.82 Å². The first-order valence-electron chi connectivity index (χ1n) is 5.37. The van der Waals surface area contributed by atoms with E-state index in [2.05, 4.69) is 0 Å². The highest BCUT2D eigenvalue weighted by atomic mass is 31.2. The van der Waals surface area contributed by atoms with E-state index in [-0.39, 0.29) is 6.61 Å². The maximum Gasteiger partial charge on any atom is 0.587 e. The Morgan fingerprint density at radius 1 is 1.12 bits per heavy atom. The van der Waals surface area contributed by atoms with Crippen LogP contribution in [0.15, 0.2) is 36.4 Å². The van der Waals surface area contributed by atoms with Gasteiger partial charge in [-0.15, -0.1) is 0 Å². The minimum absolute atomic E-state index is 0.273. The Bertz CT molecular complexity index is 578. The van der Waals surface area contributed by atoms with Gasteiger partial charge in [-0.25, -0.2) is 4.57 Å². The highest BCUT2D eigenvalue weighted by molar-refractivity contribution is 7.49. The SMILES string of the molecule is CCOP1(=O)Oc2cccc3cccc(c23)O1. The summed E-state index contributed by atoms with van der Waals surface area (Å²) in [6.07, 6.45) is 0. The second kappa shape index (κ2) is 3.76. The van der Waals surface area contributed by atoms with Crippen LogP contribution in [0.2, 0.25) is 0 Å². The molecule has 0 saturated heterocycles. The first kappa shape index (κ1) is 10.6.